The molecular formula is C15H20ClN3O2. The van der Waals surface area contributed by atoms with E-state index < -0.39 is 5.54 Å². The molecule has 0 aliphatic rings. The van der Waals surface area contributed by atoms with Crippen LogP contribution in [0.3, 0.4) is 0 Å². The number of hydrogen-bond acceptors (Lipinski definition) is 4. The van der Waals surface area contributed by atoms with Crippen LogP contribution in [-0.4, -0.2) is 22.9 Å². The van der Waals surface area contributed by atoms with Gasteiger partial charge in [-0.25, -0.2) is 4.79 Å². The first-order valence-corrected chi connectivity index (χ1v) is 6.42. The van der Waals surface area contributed by atoms with Crippen LogP contribution in [0.25, 0.3) is 11.1 Å². The van der Waals surface area contributed by atoms with Gasteiger partial charge in [0.15, 0.2) is 5.54 Å². The summed E-state index contributed by atoms with van der Waals surface area (Å²) in [6.07, 6.45) is 3.58. The third-order valence-electron chi connectivity index (χ3n) is 3.34. The molecule has 0 aliphatic carbocycles. The van der Waals surface area contributed by atoms with E-state index in [1.54, 1.807) is 24.7 Å². The van der Waals surface area contributed by atoms with Crippen LogP contribution in [0.5, 0.6) is 0 Å². The molecule has 0 radical (unpaired) electrons. The summed E-state index contributed by atoms with van der Waals surface area (Å²) in [5.41, 5.74) is 7.84. The van der Waals surface area contributed by atoms with Gasteiger partial charge in [-0.15, -0.1) is 12.4 Å². The molecule has 0 saturated heterocycles. The van der Waals surface area contributed by atoms with Crippen molar-refractivity contribution in [1.82, 2.24) is 9.78 Å². The zero-order valence-electron chi connectivity index (χ0n) is 12.4. The zero-order chi connectivity index (χ0) is 14.8. The predicted octanol–water partition coefficient (Wildman–Crippen LogP) is 2.34. The summed E-state index contributed by atoms with van der Waals surface area (Å²) >= 11 is 0. The summed E-state index contributed by atoms with van der Waals surface area (Å²) in [6.45, 7) is 4.04. The zero-order valence-corrected chi connectivity index (χ0v) is 13.2. The van der Waals surface area contributed by atoms with E-state index in [1.165, 1.54) is 7.11 Å². The minimum atomic E-state index is -0.835. The average Bonchev–Trinajstić information content (AvgIpc) is 2.97. The molecule has 114 valence electrons. The number of aromatic nitrogens is 2. The van der Waals surface area contributed by atoms with Gasteiger partial charge >= 0.3 is 5.97 Å². The Morgan fingerprint density at radius 1 is 1.38 bits per heavy atom. The van der Waals surface area contributed by atoms with Crippen molar-refractivity contribution in [2.75, 3.05) is 7.11 Å². The van der Waals surface area contributed by atoms with Crippen molar-refractivity contribution >= 4 is 18.4 Å². The second-order valence-electron chi connectivity index (χ2n) is 5.13. The van der Waals surface area contributed by atoms with E-state index >= 15 is 0 Å². The summed E-state index contributed by atoms with van der Waals surface area (Å²) in [5, 5.41) is 4.27. The first kappa shape index (κ1) is 17.2. The number of carbonyl (C=O) groups excluding carboxylic acids is 1. The van der Waals surface area contributed by atoms with Gasteiger partial charge in [0.1, 0.15) is 0 Å². The van der Waals surface area contributed by atoms with E-state index in [2.05, 4.69) is 5.10 Å². The van der Waals surface area contributed by atoms with E-state index in [9.17, 15) is 4.79 Å². The molecule has 1 aromatic carbocycles. The number of halogens is 1. The molecule has 0 spiro atoms. The molecule has 2 rings (SSSR count). The Balaban J connectivity index is 0.00000220. The Morgan fingerprint density at radius 3 is 2.71 bits per heavy atom. The van der Waals surface area contributed by atoms with Crippen molar-refractivity contribution in [3.05, 3.63) is 42.2 Å². The largest absolute Gasteiger partial charge is 0.467 e. The molecule has 0 atom stereocenters. The standard InChI is InChI=1S/C15H19N3O2.ClH/c1-15(2,14(19)20-3)18-10-13(9-17-18)12-6-4-5-11(7-12)8-16;/h4-7,9-10H,8,16H2,1-3H3;1H. The third-order valence-corrected chi connectivity index (χ3v) is 3.34. The van der Waals surface area contributed by atoms with Crippen LogP contribution in [0.15, 0.2) is 36.7 Å². The van der Waals surface area contributed by atoms with Crippen molar-refractivity contribution in [1.29, 1.82) is 0 Å². The fraction of sp³-hybridized carbons (Fsp3) is 0.333. The van der Waals surface area contributed by atoms with Crippen LogP contribution >= 0.6 is 12.4 Å². The van der Waals surface area contributed by atoms with E-state index in [0.717, 1.165) is 16.7 Å². The van der Waals surface area contributed by atoms with E-state index in [1.807, 2.05) is 30.5 Å². The van der Waals surface area contributed by atoms with Crippen molar-refractivity contribution in [2.24, 2.45) is 5.73 Å². The molecule has 21 heavy (non-hydrogen) atoms. The van der Waals surface area contributed by atoms with E-state index in [0.29, 0.717) is 6.54 Å². The van der Waals surface area contributed by atoms with Gasteiger partial charge in [0.05, 0.1) is 13.3 Å². The number of rotatable bonds is 4. The smallest absolute Gasteiger partial charge is 0.333 e. The molecule has 2 aromatic rings. The van der Waals surface area contributed by atoms with Gasteiger partial charge in [0.2, 0.25) is 0 Å². The Kier molecular flexibility index (Phi) is 5.52. The average molecular weight is 310 g/mol. The fourth-order valence-corrected chi connectivity index (χ4v) is 2.00. The topological polar surface area (TPSA) is 70.1 Å². The van der Waals surface area contributed by atoms with Crippen LogP contribution in [0, 0.1) is 0 Å². The lowest BCUT2D eigenvalue weighted by Gasteiger charge is -2.21. The maximum Gasteiger partial charge on any atom is 0.333 e. The first-order chi connectivity index (χ1) is 9.48. The molecule has 0 saturated carbocycles. The predicted molar refractivity (Wildman–Crippen MR) is 84.1 cm³/mol. The van der Waals surface area contributed by atoms with Crippen molar-refractivity contribution in [3.63, 3.8) is 0 Å². The Morgan fingerprint density at radius 2 is 2.10 bits per heavy atom. The third kappa shape index (κ3) is 3.43. The lowest BCUT2D eigenvalue weighted by molar-refractivity contribution is -0.150. The number of nitrogens with zero attached hydrogens (tertiary/aromatic N) is 2. The van der Waals surface area contributed by atoms with Crippen molar-refractivity contribution < 1.29 is 9.53 Å². The number of ether oxygens (including phenoxy) is 1. The lowest BCUT2D eigenvalue weighted by Crippen LogP contribution is -2.37. The lowest BCUT2D eigenvalue weighted by atomic mass is 10.1. The van der Waals surface area contributed by atoms with E-state index in [4.69, 9.17) is 10.5 Å². The van der Waals surface area contributed by atoms with Gasteiger partial charge in [-0.1, -0.05) is 18.2 Å². The molecule has 5 nitrogen and oxygen atoms in total. The van der Waals surface area contributed by atoms with Crippen molar-refractivity contribution in [3.8, 4) is 11.1 Å². The second-order valence-corrected chi connectivity index (χ2v) is 5.13. The van der Waals surface area contributed by atoms with Crippen LogP contribution in [0.1, 0.15) is 19.4 Å². The molecule has 0 unspecified atom stereocenters. The summed E-state index contributed by atoms with van der Waals surface area (Å²) in [4.78, 5) is 11.8. The molecular weight excluding hydrogens is 290 g/mol. The fourth-order valence-electron chi connectivity index (χ4n) is 2.00. The highest BCUT2D eigenvalue weighted by atomic mass is 35.5. The number of esters is 1. The maximum atomic E-state index is 11.8. The normalized spacial score (nSPS) is 10.9. The summed E-state index contributed by atoms with van der Waals surface area (Å²) in [6, 6.07) is 7.95. The highest BCUT2D eigenvalue weighted by Crippen LogP contribution is 2.23. The number of benzene rings is 1. The molecule has 0 fully saturated rings. The SMILES string of the molecule is COC(=O)C(C)(C)n1cc(-c2cccc(CN)c2)cn1.Cl. The molecule has 2 N–H and O–H groups in total. The maximum absolute atomic E-state index is 11.8. The van der Waals surface area contributed by atoms with Gasteiger partial charge in [0.25, 0.3) is 0 Å². The molecule has 0 aliphatic heterocycles. The monoisotopic (exact) mass is 309 g/mol. The molecule has 6 heteroatoms. The quantitative estimate of drug-likeness (QED) is 0.880. The van der Waals surface area contributed by atoms with Crippen LogP contribution < -0.4 is 5.73 Å². The van der Waals surface area contributed by atoms with Crippen LogP contribution in [0.2, 0.25) is 0 Å². The minimum Gasteiger partial charge on any atom is -0.467 e. The molecule has 1 aromatic heterocycles. The van der Waals surface area contributed by atoms with Gasteiger partial charge < -0.3 is 10.5 Å². The van der Waals surface area contributed by atoms with Gasteiger partial charge in [-0.05, 0) is 31.0 Å². The number of hydrogen-bond donors (Lipinski definition) is 1. The summed E-state index contributed by atoms with van der Waals surface area (Å²) in [5.74, 6) is -0.331. The Bertz CT molecular complexity index is 623. The number of nitrogens with two attached hydrogens (primary N) is 1. The second kappa shape index (κ2) is 6.74. The van der Waals surface area contributed by atoms with Crippen LogP contribution in [-0.2, 0) is 21.6 Å². The van der Waals surface area contributed by atoms with E-state index in [-0.39, 0.29) is 18.4 Å². The summed E-state index contributed by atoms with van der Waals surface area (Å²) < 4.78 is 6.42. The highest BCUT2D eigenvalue weighted by molar-refractivity contribution is 5.85. The van der Waals surface area contributed by atoms with Crippen molar-refractivity contribution in [2.45, 2.75) is 25.9 Å². The highest BCUT2D eigenvalue weighted by Gasteiger charge is 2.31. The van der Waals surface area contributed by atoms with Gasteiger partial charge in [-0.2, -0.15) is 5.10 Å². The first-order valence-electron chi connectivity index (χ1n) is 6.42. The minimum absolute atomic E-state index is 0. The number of methoxy groups -OCH3 is 1. The van der Waals surface area contributed by atoms with Gasteiger partial charge in [0, 0.05) is 18.3 Å². The van der Waals surface area contributed by atoms with Gasteiger partial charge in [-0.3, -0.25) is 4.68 Å². The Labute approximate surface area is 130 Å². The summed E-state index contributed by atoms with van der Waals surface area (Å²) in [7, 11) is 1.37. The molecule has 0 bridgehead atoms. The van der Waals surface area contributed by atoms with Crippen LogP contribution in [0.4, 0.5) is 0 Å². The molecule has 0 amide bonds. The molecule has 1 heterocycles. The number of carbonyl (C=O) groups is 1. The Hall–Kier alpha value is -1.85.